The van der Waals surface area contributed by atoms with Crippen molar-refractivity contribution in [1.29, 1.82) is 10.5 Å². The molecule has 0 saturated heterocycles. The number of hydrogen-bond donors (Lipinski definition) is 0. The first-order valence-electron chi connectivity index (χ1n) is 13.9. The molecule has 0 rings (SSSR count). The Labute approximate surface area is 205 Å². The van der Waals surface area contributed by atoms with Crippen molar-refractivity contribution in [3.05, 3.63) is 0 Å². The highest BCUT2D eigenvalue weighted by molar-refractivity contribution is 5.00. The molecule has 0 amide bonds. The summed E-state index contributed by atoms with van der Waals surface area (Å²) in [7, 11) is 4.54. The molecule has 0 saturated carbocycles. The summed E-state index contributed by atoms with van der Waals surface area (Å²) < 4.78 is 6.09. The van der Waals surface area contributed by atoms with Crippen LogP contribution in [0.3, 0.4) is 0 Å². The average Bonchev–Trinajstić information content (AvgIpc) is 2.79. The molecule has 1 unspecified atom stereocenters. The number of nitriles is 2. The third-order valence-corrected chi connectivity index (χ3v) is 6.61. The van der Waals surface area contributed by atoms with Gasteiger partial charge in [-0.25, -0.2) is 0 Å². The largest absolute Gasteiger partial charge is 0.829 e. The topological polar surface area (TPSA) is 79.9 Å². The first-order valence-corrected chi connectivity index (χ1v) is 13.9. The Morgan fingerprint density at radius 2 is 1.00 bits per heavy atom. The van der Waals surface area contributed by atoms with Crippen LogP contribution < -0.4 is 5.11 Å². The molecular weight excluding hydrogens is 410 g/mol. The van der Waals surface area contributed by atoms with Gasteiger partial charge in [-0.1, -0.05) is 96.8 Å². The van der Waals surface area contributed by atoms with Crippen molar-refractivity contribution in [2.75, 3.05) is 33.8 Å². The predicted molar refractivity (Wildman–Crippen MR) is 135 cm³/mol. The summed E-state index contributed by atoms with van der Waals surface area (Å²) in [6.45, 7) is 4.86. The van der Waals surface area contributed by atoms with Gasteiger partial charge in [0.15, 0.2) is 0 Å². The van der Waals surface area contributed by atoms with Crippen molar-refractivity contribution in [2.45, 2.75) is 129 Å². The van der Waals surface area contributed by atoms with Crippen LogP contribution in [0.15, 0.2) is 0 Å². The highest BCUT2D eigenvalue weighted by Gasteiger charge is 2.14. The minimum atomic E-state index is -1.55. The van der Waals surface area contributed by atoms with E-state index in [9.17, 15) is 5.11 Å². The van der Waals surface area contributed by atoms with E-state index in [0.717, 1.165) is 23.9 Å². The molecule has 5 nitrogen and oxygen atoms in total. The van der Waals surface area contributed by atoms with E-state index in [1.165, 1.54) is 109 Å². The van der Waals surface area contributed by atoms with Crippen molar-refractivity contribution in [3.63, 3.8) is 0 Å². The number of rotatable bonds is 24. The zero-order valence-electron chi connectivity index (χ0n) is 22.2. The molecule has 0 aliphatic rings. The van der Waals surface area contributed by atoms with Gasteiger partial charge in [-0.05, 0) is 25.7 Å². The second kappa shape index (κ2) is 22.6. The Bertz CT molecular complexity index is 496. The molecule has 0 fully saturated rings. The number of nitrogens with zero attached hydrogens (tertiary/aromatic N) is 3. The minimum absolute atomic E-state index is 0.326. The molecule has 0 aromatic rings. The average molecular weight is 464 g/mol. The Morgan fingerprint density at radius 3 is 1.39 bits per heavy atom. The maximum Gasteiger partial charge on any atom is 0.144 e. The summed E-state index contributed by atoms with van der Waals surface area (Å²) in [6.07, 6.45) is 22.6. The van der Waals surface area contributed by atoms with Crippen molar-refractivity contribution in [3.8, 4) is 12.1 Å². The highest BCUT2D eigenvalue weighted by Crippen LogP contribution is 2.14. The van der Waals surface area contributed by atoms with Crippen molar-refractivity contribution >= 4 is 0 Å². The molecule has 0 aliphatic heterocycles. The summed E-state index contributed by atoms with van der Waals surface area (Å²) in [5.41, 5.74) is 0. The zero-order valence-corrected chi connectivity index (χ0v) is 22.2. The lowest BCUT2D eigenvalue weighted by Crippen LogP contribution is -2.41. The summed E-state index contributed by atoms with van der Waals surface area (Å²) in [5, 5.41) is 28.9. The maximum absolute atomic E-state index is 11.6. The van der Waals surface area contributed by atoms with E-state index in [1.807, 2.05) is 0 Å². The number of unbranched alkanes of at least 4 members (excludes halogenated alkanes) is 16. The smallest absolute Gasteiger partial charge is 0.144 e. The SMILES string of the molecule is CCCCCCCCCCCCCCCCCC[N+](C)(C)CCCCOC([O-])C(C#N)C#N. The molecular formula is C28H53N3O2. The molecule has 192 valence electrons. The Morgan fingerprint density at radius 1 is 0.636 bits per heavy atom. The predicted octanol–water partition coefficient (Wildman–Crippen LogP) is 6.47. The van der Waals surface area contributed by atoms with Crippen molar-refractivity contribution in [2.24, 2.45) is 5.92 Å². The van der Waals surface area contributed by atoms with Crippen LogP contribution in [0.2, 0.25) is 0 Å². The molecule has 33 heavy (non-hydrogen) atoms. The van der Waals surface area contributed by atoms with Gasteiger partial charge in [0, 0.05) is 12.9 Å². The zero-order chi connectivity index (χ0) is 24.6. The summed E-state index contributed by atoms with van der Waals surface area (Å²) in [5.74, 6) is -1.22. The highest BCUT2D eigenvalue weighted by atomic mass is 16.6. The van der Waals surface area contributed by atoms with Crippen molar-refractivity contribution < 1.29 is 14.3 Å². The molecule has 0 bridgehead atoms. The standard InChI is InChI=1S/C28H53N3O2/c1-4-5-6-7-8-9-10-11-12-13-14-15-16-17-18-19-22-31(2,3)23-20-21-24-33-28(32)27(25-29)26-30/h27-28H,4-24H2,1-3H3. The molecule has 0 aliphatic carbocycles. The van der Waals surface area contributed by atoms with Gasteiger partial charge in [-0.2, -0.15) is 10.5 Å². The number of quaternary nitrogens is 1. The first kappa shape index (κ1) is 31.9. The van der Waals surface area contributed by atoms with Gasteiger partial charge in [0.1, 0.15) is 5.92 Å². The molecule has 0 heterocycles. The number of hydrogen-bond acceptors (Lipinski definition) is 4. The van der Waals surface area contributed by atoms with Crippen LogP contribution in [0.25, 0.3) is 0 Å². The fourth-order valence-corrected chi connectivity index (χ4v) is 4.29. The van der Waals surface area contributed by atoms with Crippen LogP contribution in [0.1, 0.15) is 122 Å². The van der Waals surface area contributed by atoms with Gasteiger partial charge in [0.2, 0.25) is 0 Å². The maximum atomic E-state index is 11.6. The lowest BCUT2D eigenvalue weighted by atomic mass is 10.0. The Kier molecular flexibility index (Phi) is 21.9. The molecule has 0 aromatic carbocycles. The summed E-state index contributed by atoms with van der Waals surface area (Å²) >= 11 is 0. The molecule has 0 spiro atoms. The normalized spacial score (nSPS) is 12.6. The fourth-order valence-electron chi connectivity index (χ4n) is 4.29. The second-order valence-electron chi connectivity index (χ2n) is 10.4. The van der Waals surface area contributed by atoms with Crippen LogP contribution in [-0.2, 0) is 4.74 Å². The van der Waals surface area contributed by atoms with Gasteiger partial charge >= 0.3 is 0 Å². The minimum Gasteiger partial charge on any atom is -0.829 e. The van der Waals surface area contributed by atoms with Gasteiger partial charge in [-0.3, -0.25) is 0 Å². The summed E-state index contributed by atoms with van der Waals surface area (Å²) in [4.78, 5) is 0. The van der Waals surface area contributed by atoms with Gasteiger partial charge in [0.05, 0.1) is 39.3 Å². The van der Waals surface area contributed by atoms with Crippen LogP contribution in [0.5, 0.6) is 0 Å². The van der Waals surface area contributed by atoms with E-state index in [2.05, 4.69) is 21.0 Å². The third-order valence-electron chi connectivity index (χ3n) is 6.61. The third kappa shape index (κ3) is 21.2. The first-order chi connectivity index (χ1) is 16.0. The molecule has 0 radical (unpaired) electrons. The monoisotopic (exact) mass is 463 g/mol. The van der Waals surface area contributed by atoms with Crippen LogP contribution in [-0.4, -0.2) is 44.6 Å². The van der Waals surface area contributed by atoms with E-state index in [4.69, 9.17) is 15.3 Å². The Balaban J connectivity index is 3.43. The van der Waals surface area contributed by atoms with E-state index >= 15 is 0 Å². The van der Waals surface area contributed by atoms with Crippen molar-refractivity contribution in [1.82, 2.24) is 0 Å². The molecule has 1 atom stereocenters. The fraction of sp³-hybridized carbons (Fsp3) is 0.929. The lowest BCUT2D eigenvalue weighted by Gasteiger charge is -2.30. The van der Waals surface area contributed by atoms with Crippen LogP contribution >= 0.6 is 0 Å². The second-order valence-corrected chi connectivity index (χ2v) is 10.4. The quantitative estimate of drug-likeness (QED) is 0.0933. The van der Waals surface area contributed by atoms with E-state index in [-0.39, 0.29) is 0 Å². The van der Waals surface area contributed by atoms with Crippen LogP contribution in [0.4, 0.5) is 0 Å². The van der Waals surface area contributed by atoms with E-state index < -0.39 is 12.2 Å². The van der Waals surface area contributed by atoms with Gasteiger partial charge in [-0.15, -0.1) is 0 Å². The van der Waals surface area contributed by atoms with Gasteiger partial charge < -0.3 is 14.3 Å². The van der Waals surface area contributed by atoms with Crippen LogP contribution in [0, 0.1) is 28.6 Å². The molecule has 0 aromatic heterocycles. The molecule has 0 N–H and O–H groups in total. The molecule has 5 heteroatoms. The Hall–Kier alpha value is -1.14. The van der Waals surface area contributed by atoms with E-state index in [0.29, 0.717) is 6.61 Å². The number of ether oxygens (including phenoxy) is 1. The van der Waals surface area contributed by atoms with E-state index in [1.54, 1.807) is 12.1 Å². The summed E-state index contributed by atoms with van der Waals surface area (Å²) in [6, 6.07) is 3.36. The van der Waals surface area contributed by atoms with Gasteiger partial charge in [0.25, 0.3) is 0 Å². The lowest BCUT2D eigenvalue weighted by molar-refractivity contribution is -0.890.